The Morgan fingerprint density at radius 3 is 0.771 bits per heavy atom. The topological polar surface area (TPSA) is 24.1 Å². The number of hydrogen-bond donors (Lipinski definition) is 1. The van der Waals surface area contributed by atoms with E-state index in [1.165, 1.54) is 5.56 Å². The van der Waals surface area contributed by atoms with Crippen molar-refractivity contribution in [3.63, 3.8) is 0 Å². The quantitative estimate of drug-likeness (QED) is 0.100. The Balaban J connectivity index is 0.000000600. The third-order valence-corrected chi connectivity index (χ3v) is 10.9. The molecule has 0 fully saturated rings. The summed E-state index contributed by atoms with van der Waals surface area (Å²) in [5.41, 5.74) is -26.9. The minimum atomic E-state index is -6.13. The summed E-state index contributed by atoms with van der Waals surface area (Å²) in [5.74, 6) is 0.319. The lowest BCUT2D eigenvalue weighted by Crippen LogP contribution is -2.75. The number of aromatic hydroxyl groups is 1. The second kappa shape index (κ2) is 18.6. The standard InChI is InChI=1S/C32H12BF24.C10H9NOS/c34-25(35,36)13-1-14(26(37,38)39)6-21(5-13)33(22-7-15(27(40,41)42)2-16(8-22)28(43,44)45,23-9-17(29(46,47)48)3-18(10-23)30(49,50)51)24-11-19(31(52,53)54)4-20(12-24)32(55,56)57;12-10-3-1-9(2-4-10)7-11-5-6-13-8-11/h1-12H;1-6,8H,7H2/q-1;/p+1. The van der Waals surface area contributed by atoms with Gasteiger partial charge in [0.2, 0.25) is 5.51 Å². The van der Waals surface area contributed by atoms with E-state index in [1.807, 2.05) is 23.7 Å². The van der Waals surface area contributed by atoms with Crippen LogP contribution in [-0.2, 0) is 56.0 Å². The van der Waals surface area contributed by atoms with Crippen LogP contribution >= 0.6 is 11.3 Å². The lowest BCUT2D eigenvalue weighted by Gasteiger charge is -2.46. The molecule has 6 aromatic rings. The summed E-state index contributed by atoms with van der Waals surface area (Å²) in [6, 6.07) is -1.53. The van der Waals surface area contributed by atoms with E-state index >= 15 is 0 Å². The van der Waals surface area contributed by atoms with Gasteiger partial charge in [-0.1, -0.05) is 59.9 Å². The first-order valence-corrected chi connectivity index (χ1v) is 19.6. The number of benzene rings is 5. The molecule has 1 heterocycles. The van der Waals surface area contributed by atoms with Gasteiger partial charge in [-0.15, -0.1) is 0 Å². The number of nitrogens with zero attached hydrogens (tertiary/aromatic N) is 1. The minimum absolute atomic E-state index is 0.319. The van der Waals surface area contributed by atoms with Gasteiger partial charge in [0.1, 0.15) is 11.9 Å². The summed E-state index contributed by atoms with van der Waals surface area (Å²) < 4.78 is 343. The van der Waals surface area contributed by atoms with Gasteiger partial charge in [0.25, 0.3) is 0 Å². The van der Waals surface area contributed by atoms with Crippen molar-refractivity contribution in [3.8, 4) is 5.75 Å². The molecule has 0 bridgehead atoms. The van der Waals surface area contributed by atoms with Crippen LogP contribution in [0.3, 0.4) is 0 Å². The number of hydrogen-bond acceptors (Lipinski definition) is 2. The fourth-order valence-electron chi connectivity index (χ4n) is 7.23. The molecule has 378 valence electrons. The van der Waals surface area contributed by atoms with Crippen LogP contribution in [0.15, 0.2) is 114 Å². The van der Waals surface area contributed by atoms with Gasteiger partial charge in [-0.05, 0) is 48.5 Å². The van der Waals surface area contributed by atoms with Crippen LogP contribution < -0.4 is 26.4 Å². The fraction of sp³-hybridized carbons (Fsp3) is 0.214. The molecule has 0 aliphatic carbocycles. The summed E-state index contributed by atoms with van der Waals surface area (Å²) >= 11 is 1.68. The second-order valence-corrected chi connectivity index (χ2v) is 15.8. The van der Waals surface area contributed by atoms with Crippen LogP contribution in [-0.4, -0.2) is 11.3 Å². The Bertz CT molecular complexity index is 2360. The zero-order valence-corrected chi connectivity index (χ0v) is 34.4. The molecule has 0 atom stereocenters. The van der Waals surface area contributed by atoms with Gasteiger partial charge in [0.15, 0.2) is 12.7 Å². The van der Waals surface area contributed by atoms with Crippen LogP contribution in [0.25, 0.3) is 0 Å². The van der Waals surface area contributed by atoms with Crippen molar-refractivity contribution in [2.75, 3.05) is 0 Å². The maximum absolute atomic E-state index is 14.2. The molecular weight excluding hydrogens is 1030 g/mol. The van der Waals surface area contributed by atoms with E-state index in [0.29, 0.717) is 5.75 Å². The number of halogens is 24. The molecule has 0 aliphatic heterocycles. The highest BCUT2D eigenvalue weighted by Gasteiger charge is 2.47. The Hall–Kier alpha value is -6.09. The lowest BCUT2D eigenvalue weighted by atomic mass is 9.12. The third kappa shape index (κ3) is 12.6. The third-order valence-electron chi connectivity index (χ3n) is 10.3. The molecule has 0 saturated carbocycles. The first kappa shape index (κ1) is 54.9. The summed E-state index contributed by atoms with van der Waals surface area (Å²) in [6.45, 7) is 0.865. The average molecular weight is 1060 g/mol. The Labute approximate surface area is 380 Å². The molecule has 1 aromatic heterocycles. The minimum Gasteiger partial charge on any atom is -0.508 e. The normalized spacial score (nSPS) is 13.5. The van der Waals surface area contributed by atoms with Crippen molar-refractivity contribution < 1.29 is 115 Å². The summed E-state index contributed by atoms with van der Waals surface area (Å²) in [6.07, 6.45) is -52.8. The van der Waals surface area contributed by atoms with Crippen molar-refractivity contribution >= 4 is 39.3 Å². The Morgan fingerprint density at radius 2 is 0.586 bits per heavy atom. The summed E-state index contributed by atoms with van der Waals surface area (Å²) in [4.78, 5) is 0. The van der Waals surface area contributed by atoms with Crippen LogP contribution in [0, 0.1) is 0 Å². The average Bonchev–Trinajstić information content (AvgIpc) is 3.72. The van der Waals surface area contributed by atoms with Crippen LogP contribution in [0.4, 0.5) is 105 Å². The number of phenols is 1. The molecule has 0 amide bonds. The van der Waals surface area contributed by atoms with E-state index in [2.05, 4.69) is 10.1 Å². The Morgan fingerprint density at radius 1 is 0.357 bits per heavy atom. The largest absolute Gasteiger partial charge is 0.508 e. The SMILES string of the molecule is FC(F)(F)c1cc([B-](c2cc(C(F)(F)F)cc(C(F)(F)F)c2)(c2cc(C(F)(F)F)cc(C(F)(F)F)c2)c2cc(C(F)(F)F)cc(C(F)(F)F)c2)cc(C(F)(F)F)c1.Oc1ccc(C[n+]2ccsc2)cc1. The van der Waals surface area contributed by atoms with Gasteiger partial charge in [0, 0.05) is 5.56 Å². The van der Waals surface area contributed by atoms with Crippen molar-refractivity contribution in [3.05, 3.63) is 164 Å². The second-order valence-electron chi connectivity index (χ2n) is 15.1. The van der Waals surface area contributed by atoms with E-state index < -0.39 is 195 Å². The van der Waals surface area contributed by atoms with Crippen molar-refractivity contribution in [2.45, 2.75) is 56.0 Å². The molecule has 6 rings (SSSR count). The molecule has 5 aromatic carbocycles. The number of alkyl halides is 24. The zero-order valence-electron chi connectivity index (χ0n) is 33.6. The smallest absolute Gasteiger partial charge is 0.416 e. The number of aromatic nitrogens is 1. The molecule has 0 aliphatic rings. The van der Waals surface area contributed by atoms with Gasteiger partial charge < -0.3 is 5.11 Å². The summed E-state index contributed by atoms with van der Waals surface area (Å²) in [5, 5.41) is 11.1. The van der Waals surface area contributed by atoms with Crippen LogP contribution in [0.1, 0.15) is 50.1 Å². The fourth-order valence-corrected chi connectivity index (χ4v) is 7.83. The van der Waals surface area contributed by atoms with E-state index in [4.69, 9.17) is 5.11 Å². The van der Waals surface area contributed by atoms with Gasteiger partial charge in [-0.2, -0.15) is 132 Å². The first-order valence-electron chi connectivity index (χ1n) is 18.7. The first-order chi connectivity index (χ1) is 31.6. The highest BCUT2D eigenvalue weighted by atomic mass is 32.1. The van der Waals surface area contributed by atoms with Gasteiger partial charge in [-0.3, -0.25) is 0 Å². The van der Waals surface area contributed by atoms with Crippen LogP contribution in [0.5, 0.6) is 5.75 Å². The van der Waals surface area contributed by atoms with E-state index in [0.717, 1.165) is 6.54 Å². The predicted molar refractivity (Wildman–Crippen MR) is 202 cm³/mol. The molecule has 1 N–H and O–H groups in total. The molecule has 2 nitrogen and oxygen atoms in total. The highest BCUT2D eigenvalue weighted by Crippen LogP contribution is 2.41. The monoisotopic (exact) mass is 1060 g/mol. The summed E-state index contributed by atoms with van der Waals surface area (Å²) in [7, 11) is 0. The Kier molecular flexibility index (Phi) is 14.6. The molecular formula is C42H22BF24NOS. The predicted octanol–water partition coefficient (Wildman–Crippen LogP) is 13.0. The molecule has 28 heteroatoms. The van der Waals surface area contributed by atoms with E-state index in [9.17, 15) is 105 Å². The number of thiazole rings is 1. The zero-order chi connectivity index (χ0) is 53.0. The molecule has 70 heavy (non-hydrogen) atoms. The molecule has 0 saturated heterocycles. The van der Waals surface area contributed by atoms with Crippen LogP contribution in [0.2, 0.25) is 0 Å². The highest BCUT2D eigenvalue weighted by molar-refractivity contribution is 7.20. The van der Waals surface area contributed by atoms with Crippen molar-refractivity contribution in [1.82, 2.24) is 0 Å². The van der Waals surface area contributed by atoms with Crippen molar-refractivity contribution in [1.29, 1.82) is 0 Å². The molecule has 0 radical (unpaired) electrons. The van der Waals surface area contributed by atoms with Gasteiger partial charge in [0.05, 0.1) is 49.9 Å². The lowest BCUT2D eigenvalue weighted by molar-refractivity contribution is -0.683. The van der Waals surface area contributed by atoms with Crippen molar-refractivity contribution in [2.24, 2.45) is 0 Å². The maximum Gasteiger partial charge on any atom is 0.416 e. The maximum atomic E-state index is 14.2. The molecule has 0 unspecified atom stereocenters. The number of phenolic OH excluding ortho intramolecular Hbond substituents is 1. The van der Waals surface area contributed by atoms with E-state index in [1.54, 1.807) is 23.5 Å². The van der Waals surface area contributed by atoms with Gasteiger partial charge in [-0.25, -0.2) is 0 Å². The molecule has 0 spiro atoms. The van der Waals surface area contributed by atoms with Gasteiger partial charge >= 0.3 is 49.4 Å². The van der Waals surface area contributed by atoms with E-state index in [-0.39, 0.29) is 0 Å². The number of rotatable bonds is 6.